The quantitative estimate of drug-likeness (QED) is 0.173. The van der Waals surface area contributed by atoms with Gasteiger partial charge in [0.05, 0.1) is 22.1 Å². The first-order chi connectivity index (χ1) is 32.1. The van der Waals surface area contributed by atoms with Crippen molar-refractivity contribution in [3.05, 3.63) is 169 Å². The zero-order valence-electron chi connectivity index (χ0n) is 38.1. The first kappa shape index (κ1) is 39.1. The fourth-order valence-corrected chi connectivity index (χ4v) is 12.0. The number of hydrogen-bond donors (Lipinski definition) is 0. The molecule has 0 saturated heterocycles. The number of benzene rings is 6. The molecule has 0 spiro atoms. The Hall–Kier alpha value is -7.31. The molecular formula is C60H51N5O. The first-order valence-electron chi connectivity index (χ1n) is 23.6. The van der Waals surface area contributed by atoms with Crippen LogP contribution < -0.4 is 0 Å². The Bertz CT molecular complexity index is 3720. The van der Waals surface area contributed by atoms with E-state index in [1.165, 1.54) is 34.0 Å². The monoisotopic (exact) mass is 857 g/mol. The molecule has 1 fully saturated rings. The second-order valence-electron chi connectivity index (χ2n) is 20.3. The summed E-state index contributed by atoms with van der Waals surface area (Å²) in [6.45, 7) is 12.4. The van der Waals surface area contributed by atoms with E-state index in [0.29, 0.717) is 35.4 Å². The number of rotatable bonds is 5. The van der Waals surface area contributed by atoms with Crippen LogP contribution >= 0.6 is 0 Å². The topological polar surface area (TPSA) is 61.7 Å². The number of para-hydroxylation sites is 2. The summed E-state index contributed by atoms with van der Waals surface area (Å²) < 4.78 is 11.3. The molecule has 4 heterocycles. The van der Waals surface area contributed by atoms with Gasteiger partial charge < -0.3 is 8.98 Å². The molecule has 0 bridgehead atoms. The highest BCUT2D eigenvalue weighted by Crippen LogP contribution is 2.58. The zero-order valence-corrected chi connectivity index (χ0v) is 38.1. The number of allylic oxidation sites excluding steroid dienone is 5. The van der Waals surface area contributed by atoms with E-state index in [1.807, 2.05) is 0 Å². The van der Waals surface area contributed by atoms with E-state index in [2.05, 4.69) is 208 Å². The minimum Gasteiger partial charge on any atom is -0.460 e. The highest BCUT2D eigenvalue weighted by molar-refractivity contribution is 6.19. The largest absolute Gasteiger partial charge is 0.460 e. The van der Waals surface area contributed by atoms with Crippen LogP contribution in [0.2, 0.25) is 0 Å². The second kappa shape index (κ2) is 14.3. The van der Waals surface area contributed by atoms with Crippen LogP contribution in [0.4, 0.5) is 0 Å². The normalized spacial score (nSPS) is 19.8. The molecule has 3 atom stereocenters. The number of hydrogen-bond acceptors (Lipinski definition) is 4. The average molecular weight is 858 g/mol. The van der Waals surface area contributed by atoms with E-state index >= 15 is 0 Å². The van der Waals surface area contributed by atoms with Gasteiger partial charge in [-0.25, -0.2) is 4.98 Å². The molecule has 66 heavy (non-hydrogen) atoms. The molecule has 6 heteroatoms. The minimum absolute atomic E-state index is 0.153. The fourth-order valence-electron chi connectivity index (χ4n) is 12.0. The van der Waals surface area contributed by atoms with Gasteiger partial charge >= 0.3 is 0 Å². The maximum Gasteiger partial charge on any atom is 0.238 e. The van der Waals surface area contributed by atoms with Crippen molar-refractivity contribution in [2.75, 3.05) is 0 Å². The van der Waals surface area contributed by atoms with Crippen molar-refractivity contribution in [1.82, 2.24) is 24.1 Å². The molecule has 1 saturated carbocycles. The molecule has 10 aromatic rings. The predicted octanol–water partition coefficient (Wildman–Crippen LogP) is 15.5. The van der Waals surface area contributed by atoms with Crippen molar-refractivity contribution in [2.45, 2.75) is 53.9 Å². The van der Waals surface area contributed by atoms with Gasteiger partial charge in [-0.3, -0.25) is 4.57 Å². The van der Waals surface area contributed by atoms with Crippen LogP contribution in [0.3, 0.4) is 0 Å². The van der Waals surface area contributed by atoms with Crippen LogP contribution in [0, 0.1) is 28.6 Å². The molecule has 13 rings (SSSR count). The zero-order chi connectivity index (χ0) is 44.5. The molecule has 6 aromatic carbocycles. The first-order valence-corrected chi connectivity index (χ1v) is 23.6. The van der Waals surface area contributed by atoms with E-state index in [9.17, 15) is 0 Å². The highest BCUT2D eigenvalue weighted by Gasteiger charge is 2.50. The van der Waals surface area contributed by atoms with E-state index in [4.69, 9.17) is 19.4 Å². The number of fused-ring (bicyclic) bond motifs is 10. The summed E-state index contributed by atoms with van der Waals surface area (Å²) in [6.07, 6.45) is 15.1. The average Bonchev–Trinajstić information content (AvgIpc) is 3.99. The smallest absolute Gasteiger partial charge is 0.238 e. The number of aryl methyl sites for hydroxylation is 1. The van der Waals surface area contributed by atoms with E-state index in [-0.39, 0.29) is 10.8 Å². The van der Waals surface area contributed by atoms with E-state index in [0.717, 1.165) is 79.1 Å². The summed E-state index contributed by atoms with van der Waals surface area (Å²) in [4.78, 5) is 16.2. The molecule has 4 aromatic heterocycles. The Morgan fingerprint density at radius 2 is 1.26 bits per heavy atom. The van der Waals surface area contributed by atoms with Gasteiger partial charge in [-0.05, 0) is 95.0 Å². The summed E-state index contributed by atoms with van der Waals surface area (Å²) in [5, 5.41) is 5.88. The predicted molar refractivity (Wildman–Crippen MR) is 272 cm³/mol. The summed E-state index contributed by atoms with van der Waals surface area (Å²) in [6, 6.07) is 47.7. The van der Waals surface area contributed by atoms with Gasteiger partial charge in [-0.1, -0.05) is 156 Å². The van der Waals surface area contributed by atoms with Crippen LogP contribution in [-0.2, 0) is 6.42 Å². The van der Waals surface area contributed by atoms with Crippen LogP contribution in [0.25, 0.3) is 106 Å². The molecule has 3 aliphatic rings. The van der Waals surface area contributed by atoms with Gasteiger partial charge in [-0.2, -0.15) is 9.97 Å². The number of nitrogens with zero attached hydrogens (tertiary/aromatic N) is 5. The molecule has 3 unspecified atom stereocenters. The lowest BCUT2D eigenvalue weighted by Gasteiger charge is -2.55. The lowest BCUT2D eigenvalue weighted by Crippen LogP contribution is -2.48. The molecule has 0 radical (unpaired) electrons. The summed E-state index contributed by atoms with van der Waals surface area (Å²) in [5.41, 5.74) is 12.0. The third kappa shape index (κ3) is 5.83. The van der Waals surface area contributed by atoms with Gasteiger partial charge in [0.2, 0.25) is 5.95 Å². The second-order valence-corrected chi connectivity index (χ2v) is 20.3. The van der Waals surface area contributed by atoms with E-state index < -0.39 is 0 Å². The van der Waals surface area contributed by atoms with Crippen molar-refractivity contribution >= 4 is 66.4 Å². The van der Waals surface area contributed by atoms with Crippen molar-refractivity contribution in [1.29, 1.82) is 0 Å². The van der Waals surface area contributed by atoms with Crippen molar-refractivity contribution < 1.29 is 4.42 Å². The van der Waals surface area contributed by atoms with Gasteiger partial charge in [-0.15, -0.1) is 0 Å². The van der Waals surface area contributed by atoms with Crippen LogP contribution in [-0.4, -0.2) is 24.1 Å². The van der Waals surface area contributed by atoms with Gasteiger partial charge in [0.25, 0.3) is 0 Å². The van der Waals surface area contributed by atoms with Crippen molar-refractivity contribution in [3.8, 4) is 39.9 Å². The molecule has 3 aliphatic carbocycles. The van der Waals surface area contributed by atoms with Gasteiger partial charge in [0.1, 0.15) is 11.3 Å². The standard InChI is InChI=1S/C60H51N5O/c1-36-35-59(2,3)48-30-28-39(32-49(48)60(36,4)5)64-50-24-14-11-20-41(50)46-33-47-42-21-12-15-25-51(42)65(53(47)34-52(46)64)58-62-56(38-27-29-44-43-22-13-16-26-54(43)66-55(44)31-38)61-57(63-58)45-23-10-9-19-40(45)37-17-7-6-8-18-37/h6-15,17-25,27-34,36,48-49H,16,26,35H2,1-5H3. The van der Waals surface area contributed by atoms with Gasteiger partial charge in [0.15, 0.2) is 11.6 Å². The lowest BCUT2D eigenvalue weighted by molar-refractivity contribution is -0.0166. The number of aromatic nitrogens is 5. The molecule has 6 nitrogen and oxygen atoms in total. The van der Waals surface area contributed by atoms with Crippen LogP contribution in [0.5, 0.6) is 0 Å². The molecular weight excluding hydrogens is 807 g/mol. The molecule has 0 N–H and O–H groups in total. The van der Waals surface area contributed by atoms with Crippen molar-refractivity contribution in [3.63, 3.8) is 0 Å². The molecule has 0 amide bonds. The number of furan rings is 1. The Labute approximate surface area is 384 Å². The fraction of sp³-hybridized carbons (Fsp3) is 0.217. The summed E-state index contributed by atoms with van der Waals surface area (Å²) in [5.74, 6) is 4.28. The maximum absolute atomic E-state index is 6.51. The Morgan fingerprint density at radius 1 is 0.576 bits per heavy atom. The molecule has 322 valence electrons. The van der Waals surface area contributed by atoms with Crippen LogP contribution in [0.15, 0.2) is 162 Å². The van der Waals surface area contributed by atoms with Crippen LogP contribution in [0.1, 0.15) is 58.8 Å². The summed E-state index contributed by atoms with van der Waals surface area (Å²) in [7, 11) is 0. The Morgan fingerprint density at radius 3 is 2.05 bits per heavy atom. The maximum atomic E-state index is 6.51. The Balaban J connectivity index is 1.07. The van der Waals surface area contributed by atoms with E-state index in [1.54, 1.807) is 0 Å². The third-order valence-corrected chi connectivity index (χ3v) is 15.8. The highest BCUT2D eigenvalue weighted by atomic mass is 16.3. The van der Waals surface area contributed by atoms with Gasteiger partial charge in [0, 0.05) is 55.7 Å². The Kier molecular flexibility index (Phi) is 8.50. The molecule has 0 aliphatic heterocycles. The minimum atomic E-state index is 0.153. The van der Waals surface area contributed by atoms with Crippen molar-refractivity contribution in [2.24, 2.45) is 28.6 Å². The SMILES string of the molecule is CC1CC(C)(C)C2C=CC(n3c4ccccc4c4cc5c6ccccc6n(-c6nc(-c7ccc8c9c(oc8c7)CCC=C9)nc(-c7ccccc7-c7ccccc7)n6)c5cc43)=CC2C1(C)C. The summed E-state index contributed by atoms with van der Waals surface area (Å²) >= 11 is 0. The lowest BCUT2D eigenvalue weighted by atomic mass is 9.50. The third-order valence-electron chi connectivity index (χ3n) is 15.8.